The fourth-order valence-corrected chi connectivity index (χ4v) is 6.16. The molecule has 2 aliphatic heterocycles. The van der Waals surface area contributed by atoms with Gasteiger partial charge in [-0.05, 0) is 50.7 Å². The summed E-state index contributed by atoms with van der Waals surface area (Å²) in [5.41, 5.74) is 2.91. The van der Waals surface area contributed by atoms with Gasteiger partial charge in [-0.15, -0.1) is 5.10 Å². The Morgan fingerprint density at radius 2 is 2.00 bits per heavy atom. The molecule has 0 saturated carbocycles. The summed E-state index contributed by atoms with van der Waals surface area (Å²) >= 11 is 0. The quantitative estimate of drug-likeness (QED) is 0.567. The van der Waals surface area contributed by atoms with Crippen LogP contribution in [0.2, 0.25) is 0 Å². The zero-order chi connectivity index (χ0) is 23.0. The molecule has 0 aromatic carbocycles. The topological polar surface area (TPSA) is 112 Å². The average molecular weight is 473 g/mol. The van der Waals surface area contributed by atoms with Crippen molar-refractivity contribution in [1.29, 1.82) is 0 Å². The lowest BCUT2D eigenvalue weighted by atomic mass is 9.95. The number of piperidine rings is 2. The van der Waals surface area contributed by atoms with E-state index in [0.29, 0.717) is 19.0 Å². The van der Waals surface area contributed by atoms with E-state index in [9.17, 15) is 8.42 Å². The number of anilines is 2. The van der Waals surface area contributed by atoms with Gasteiger partial charge in [0.2, 0.25) is 16.0 Å². The number of sulfonamides is 1. The van der Waals surface area contributed by atoms with E-state index in [-0.39, 0.29) is 17.7 Å². The van der Waals surface area contributed by atoms with Gasteiger partial charge in [-0.3, -0.25) is 5.10 Å². The second-order valence-corrected chi connectivity index (χ2v) is 11.3. The molecule has 2 N–H and O–H groups in total. The summed E-state index contributed by atoms with van der Waals surface area (Å²) in [5, 5.41) is 15.4. The number of nitrogens with one attached hydrogen (secondary N) is 2. The van der Waals surface area contributed by atoms with Crippen LogP contribution in [0.1, 0.15) is 39.5 Å². The lowest BCUT2D eigenvalue weighted by Crippen LogP contribution is -2.48. The van der Waals surface area contributed by atoms with E-state index < -0.39 is 10.0 Å². The molecule has 3 aromatic rings. The SMILES string of the molecule is CCS(=O)(=O)N1CC[C@H](Nc2nc3ccc(-c4cn[nH]c4)c(N4CCCCC4)n3n2)[C@H](C)C1. The maximum atomic E-state index is 12.3. The highest BCUT2D eigenvalue weighted by molar-refractivity contribution is 7.89. The number of hydrogen-bond acceptors (Lipinski definition) is 7. The highest BCUT2D eigenvalue weighted by Gasteiger charge is 2.32. The summed E-state index contributed by atoms with van der Waals surface area (Å²) in [7, 11) is -3.16. The summed E-state index contributed by atoms with van der Waals surface area (Å²) in [6.07, 6.45) is 8.06. The number of aromatic amines is 1. The first-order valence-electron chi connectivity index (χ1n) is 11.8. The first-order valence-corrected chi connectivity index (χ1v) is 13.5. The first-order chi connectivity index (χ1) is 16.0. The zero-order valence-electron chi connectivity index (χ0n) is 19.2. The minimum absolute atomic E-state index is 0.123. The third-order valence-corrected chi connectivity index (χ3v) is 8.73. The number of hydrogen-bond donors (Lipinski definition) is 2. The Hall–Kier alpha value is -2.66. The van der Waals surface area contributed by atoms with Crippen LogP contribution in [0.25, 0.3) is 16.8 Å². The molecule has 0 spiro atoms. The maximum absolute atomic E-state index is 12.3. The van der Waals surface area contributed by atoms with Gasteiger partial charge in [0.15, 0.2) is 5.65 Å². The molecular formula is C22H32N8O2S. The second kappa shape index (κ2) is 8.94. The minimum atomic E-state index is -3.16. The lowest BCUT2D eigenvalue weighted by molar-refractivity contribution is 0.261. The molecule has 5 rings (SSSR count). The number of rotatable bonds is 6. The van der Waals surface area contributed by atoms with Crippen LogP contribution in [0.5, 0.6) is 0 Å². The number of H-pyrrole nitrogens is 1. The Bertz CT molecular complexity index is 1200. The first kappa shape index (κ1) is 22.1. The number of pyridine rings is 1. The van der Waals surface area contributed by atoms with Gasteiger partial charge < -0.3 is 10.2 Å². The molecule has 178 valence electrons. The molecular weight excluding hydrogens is 440 g/mol. The van der Waals surface area contributed by atoms with Gasteiger partial charge in [0.1, 0.15) is 5.82 Å². The highest BCUT2D eigenvalue weighted by atomic mass is 32.2. The lowest BCUT2D eigenvalue weighted by Gasteiger charge is -2.36. The van der Waals surface area contributed by atoms with Crippen molar-refractivity contribution >= 4 is 27.4 Å². The van der Waals surface area contributed by atoms with E-state index >= 15 is 0 Å². The number of nitrogens with zero attached hydrogens (tertiary/aromatic N) is 6. The fourth-order valence-electron chi connectivity index (χ4n) is 4.95. The van der Waals surface area contributed by atoms with E-state index in [1.165, 1.54) is 6.42 Å². The Morgan fingerprint density at radius 1 is 1.18 bits per heavy atom. The van der Waals surface area contributed by atoms with Crippen LogP contribution < -0.4 is 10.2 Å². The van der Waals surface area contributed by atoms with Gasteiger partial charge in [-0.1, -0.05) is 6.92 Å². The van der Waals surface area contributed by atoms with Gasteiger partial charge in [0.25, 0.3) is 0 Å². The van der Waals surface area contributed by atoms with E-state index in [0.717, 1.165) is 54.9 Å². The van der Waals surface area contributed by atoms with Gasteiger partial charge in [-0.2, -0.15) is 14.6 Å². The molecule has 2 aliphatic rings. The molecule has 0 bridgehead atoms. The predicted molar refractivity (Wildman–Crippen MR) is 129 cm³/mol. The molecule has 0 radical (unpaired) electrons. The van der Waals surface area contributed by atoms with Crippen LogP contribution >= 0.6 is 0 Å². The Kier molecular flexibility index (Phi) is 6.00. The monoisotopic (exact) mass is 472 g/mol. The molecule has 11 heteroatoms. The van der Waals surface area contributed by atoms with Crippen LogP contribution in [0, 0.1) is 5.92 Å². The molecule has 0 aliphatic carbocycles. The van der Waals surface area contributed by atoms with Gasteiger partial charge in [-0.25, -0.2) is 12.7 Å². The van der Waals surface area contributed by atoms with Crippen molar-refractivity contribution in [1.82, 2.24) is 29.1 Å². The van der Waals surface area contributed by atoms with E-state index in [1.807, 2.05) is 23.0 Å². The highest BCUT2D eigenvalue weighted by Crippen LogP contribution is 2.33. The molecule has 3 aromatic heterocycles. The summed E-state index contributed by atoms with van der Waals surface area (Å²) in [6, 6.07) is 4.21. The van der Waals surface area contributed by atoms with E-state index in [1.54, 1.807) is 11.2 Å². The van der Waals surface area contributed by atoms with Crippen LogP contribution in [0.15, 0.2) is 24.5 Å². The molecule has 0 amide bonds. The maximum Gasteiger partial charge on any atom is 0.243 e. The van der Waals surface area contributed by atoms with Crippen LogP contribution in [-0.2, 0) is 10.0 Å². The molecule has 0 unspecified atom stereocenters. The normalized spacial score (nSPS) is 22.7. The standard InChI is InChI=1S/C22H32N8O2S/c1-3-33(31,32)29-12-9-19(16(2)15-29)25-22-26-20-8-7-18(17-13-23-24-14-17)21(30(20)27-22)28-10-5-4-6-11-28/h7-8,13-14,16,19H,3-6,9-12,15H2,1-2H3,(H,23,24)(H,25,27)/t16-,19+/m1/s1. The molecule has 33 heavy (non-hydrogen) atoms. The number of fused-ring (bicyclic) bond motifs is 1. The van der Waals surface area contributed by atoms with E-state index in [2.05, 4.69) is 33.4 Å². The van der Waals surface area contributed by atoms with E-state index in [4.69, 9.17) is 10.1 Å². The Morgan fingerprint density at radius 3 is 2.70 bits per heavy atom. The minimum Gasteiger partial charge on any atom is -0.356 e. The number of aromatic nitrogens is 5. The van der Waals surface area contributed by atoms with Crippen LogP contribution in [0.4, 0.5) is 11.8 Å². The third kappa shape index (κ3) is 4.31. The average Bonchev–Trinajstić information content (AvgIpc) is 3.50. The Balaban J connectivity index is 1.44. The predicted octanol–water partition coefficient (Wildman–Crippen LogP) is 2.58. The largest absolute Gasteiger partial charge is 0.356 e. The second-order valence-electron chi connectivity index (χ2n) is 9.09. The Labute approximate surface area is 194 Å². The molecule has 2 atom stereocenters. The summed E-state index contributed by atoms with van der Waals surface area (Å²) < 4.78 is 28.1. The summed E-state index contributed by atoms with van der Waals surface area (Å²) in [6.45, 7) is 6.81. The van der Waals surface area contributed by atoms with Gasteiger partial charge in [0, 0.05) is 49.5 Å². The zero-order valence-corrected chi connectivity index (χ0v) is 20.1. The van der Waals surface area contributed by atoms with Crippen molar-refractivity contribution in [3.05, 3.63) is 24.5 Å². The fraction of sp³-hybridized carbons (Fsp3) is 0.591. The molecule has 10 nitrogen and oxygen atoms in total. The van der Waals surface area contributed by atoms with Gasteiger partial charge >= 0.3 is 0 Å². The molecule has 2 saturated heterocycles. The van der Waals surface area contributed by atoms with Crippen molar-refractivity contribution in [2.75, 3.05) is 42.1 Å². The smallest absolute Gasteiger partial charge is 0.243 e. The van der Waals surface area contributed by atoms with Gasteiger partial charge in [0.05, 0.1) is 11.9 Å². The third-order valence-electron chi connectivity index (χ3n) is 6.88. The molecule has 5 heterocycles. The van der Waals surface area contributed by atoms with Crippen LogP contribution in [0.3, 0.4) is 0 Å². The van der Waals surface area contributed by atoms with Crippen molar-refractivity contribution in [2.24, 2.45) is 5.92 Å². The van der Waals surface area contributed by atoms with Crippen LogP contribution in [-0.4, -0.2) is 75.5 Å². The van der Waals surface area contributed by atoms with Crippen molar-refractivity contribution in [2.45, 2.75) is 45.6 Å². The molecule has 2 fully saturated rings. The summed E-state index contributed by atoms with van der Waals surface area (Å²) in [5.74, 6) is 1.94. The summed E-state index contributed by atoms with van der Waals surface area (Å²) in [4.78, 5) is 7.16. The van der Waals surface area contributed by atoms with Crippen molar-refractivity contribution in [3.63, 3.8) is 0 Å². The van der Waals surface area contributed by atoms with Crippen molar-refractivity contribution in [3.8, 4) is 11.1 Å². The van der Waals surface area contributed by atoms with Crippen molar-refractivity contribution < 1.29 is 8.42 Å².